The Bertz CT molecular complexity index is 737. The fraction of sp³-hybridized carbons (Fsp3) is 0.526. The summed E-state index contributed by atoms with van der Waals surface area (Å²) < 4.78 is 3.15. The first kappa shape index (κ1) is 22.1. The van der Waals surface area contributed by atoms with Gasteiger partial charge >= 0.3 is 0 Å². The number of aryl methyl sites for hydroxylation is 1. The van der Waals surface area contributed by atoms with Crippen LogP contribution in [-0.4, -0.2) is 34.3 Å². The zero-order valence-electron chi connectivity index (χ0n) is 15.9. The Kier molecular flexibility index (Phi) is 8.53. The number of nitrogens with zero attached hydrogens (tertiary/aromatic N) is 4. The van der Waals surface area contributed by atoms with E-state index in [1.165, 1.54) is 31.2 Å². The number of aromatic nitrogens is 3. The molecule has 1 aromatic heterocycles. The quantitative estimate of drug-likeness (QED) is 0.328. The van der Waals surface area contributed by atoms with Crippen molar-refractivity contribution in [2.24, 2.45) is 4.99 Å². The normalized spacial score (nSPS) is 16.0. The fourth-order valence-electron chi connectivity index (χ4n) is 3.74. The number of hydrogen-bond donors (Lipinski definition) is 2. The van der Waals surface area contributed by atoms with Gasteiger partial charge in [0.25, 0.3) is 0 Å². The van der Waals surface area contributed by atoms with Crippen molar-refractivity contribution in [3.8, 4) is 0 Å². The van der Waals surface area contributed by atoms with E-state index in [4.69, 9.17) is 0 Å². The van der Waals surface area contributed by atoms with E-state index in [-0.39, 0.29) is 29.4 Å². The third-order valence-corrected chi connectivity index (χ3v) is 5.81. The Morgan fingerprint density at radius 2 is 1.93 bits per heavy atom. The largest absolute Gasteiger partial charge is 0.356 e. The topological polar surface area (TPSA) is 67.1 Å². The lowest BCUT2D eigenvalue weighted by Crippen LogP contribution is -2.44. The zero-order chi connectivity index (χ0) is 18.4. The molecule has 0 amide bonds. The molecule has 3 rings (SSSR count). The summed E-state index contributed by atoms with van der Waals surface area (Å²) >= 11 is 3.54. The first-order valence-corrected chi connectivity index (χ1v) is 10.0. The van der Waals surface area contributed by atoms with Gasteiger partial charge in [0, 0.05) is 30.0 Å². The first-order valence-electron chi connectivity index (χ1n) is 9.24. The van der Waals surface area contributed by atoms with Crippen LogP contribution in [0.15, 0.2) is 40.1 Å². The lowest BCUT2D eigenvalue weighted by atomic mass is 9.79. The summed E-state index contributed by atoms with van der Waals surface area (Å²) in [7, 11) is 1.81. The number of hydrogen-bond acceptors (Lipinski definition) is 3. The van der Waals surface area contributed by atoms with Crippen LogP contribution in [0.5, 0.6) is 0 Å². The molecule has 0 spiro atoms. The van der Waals surface area contributed by atoms with Gasteiger partial charge in [-0.05, 0) is 37.5 Å². The number of benzene rings is 1. The average molecular weight is 547 g/mol. The Hall–Kier alpha value is -1.16. The molecule has 0 unspecified atom stereocenters. The van der Waals surface area contributed by atoms with Crippen LogP contribution < -0.4 is 10.6 Å². The maximum Gasteiger partial charge on any atom is 0.191 e. The van der Waals surface area contributed by atoms with E-state index in [9.17, 15) is 0 Å². The average Bonchev–Trinajstić information content (AvgIpc) is 3.32. The summed E-state index contributed by atoms with van der Waals surface area (Å²) in [4.78, 5) is 4.37. The summed E-state index contributed by atoms with van der Waals surface area (Å²) in [6, 6.07) is 8.77. The van der Waals surface area contributed by atoms with Crippen LogP contribution in [0.4, 0.5) is 0 Å². The molecule has 1 saturated carbocycles. The van der Waals surface area contributed by atoms with Crippen LogP contribution in [-0.2, 0) is 18.5 Å². The van der Waals surface area contributed by atoms with E-state index in [1.54, 1.807) is 13.4 Å². The lowest BCUT2D eigenvalue weighted by Gasteiger charge is -2.31. The number of aliphatic imine (C=N–C) groups is 1. The lowest BCUT2D eigenvalue weighted by molar-refractivity contribution is 0.431. The standard InChI is InChI=1S/C19H27BrN6.HI/c1-3-26-14-24-25-17(26)12-22-18(21-2)23-13-19(10-4-5-11-19)15-6-8-16(20)9-7-15;/h6-9,14H,3-5,10-13H2,1-2H3,(H2,21,22,23);1H. The van der Waals surface area contributed by atoms with Crippen LogP contribution in [0.1, 0.15) is 44.0 Å². The Morgan fingerprint density at radius 3 is 2.56 bits per heavy atom. The van der Waals surface area contributed by atoms with E-state index in [1.807, 2.05) is 4.57 Å². The zero-order valence-corrected chi connectivity index (χ0v) is 19.8. The molecule has 2 aromatic rings. The van der Waals surface area contributed by atoms with E-state index in [0.717, 1.165) is 29.3 Å². The molecular formula is C19H28BrIN6. The molecule has 0 atom stereocenters. The maximum atomic E-state index is 4.37. The minimum absolute atomic E-state index is 0. The monoisotopic (exact) mass is 546 g/mol. The van der Waals surface area contributed by atoms with Crippen LogP contribution >= 0.6 is 39.9 Å². The molecule has 1 aliphatic rings. The fourth-order valence-corrected chi connectivity index (χ4v) is 4.00. The van der Waals surface area contributed by atoms with Crippen molar-refractivity contribution < 1.29 is 0 Å². The molecule has 1 aromatic carbocycles. The predicted octanol–water partition coefficient (Wildman–Crippen LogP) is 3.86. The first-order chi connectivity index (χ1) is 12.7. The highest BCUT2D eigenvalue weighted by molar-refractivity contribution is 14.0. The maximum absolute atomic E-state index is 4.37. The van der Waals surface area contributed by atoms with Gasteiger partial charge in [-0.2, -0.15) is 0 Å². The van der Waals surface area contributed by atoms with Gasteiger partial charge < -0.3 is 15.2 Å². The highest BCUT2D eigenvalue weighted by Gasteiger charge is 2.35. The highest BCUT2D eigenvalue weighted by atomic mass is 127. The predicted molar refractivity (Wildman–Crippen MR) is 124 cm³/mol. The molecule has 8 heteroatoms. The molecule has 6 nitrogen and oxygen atoms in total. The molecule has 2 N–H and O–H groups in total. The van der Waals surface area contributed by atoms with Gasteiger partial charge in [-0.3, -0.25) is 4.99 Å². The van der Waals surface area contributed by atoms with E-state index < -0.39 is 0 Å². The van der Waals surface area contributed by atoms with Gasteiger partial charge in [-0.1, -0.05) is 40.9 Å². The van der Waals surface area contributed by atoms with E-state index in [0.29, 0.717) is 6.54 Å². The van der Waals surface area contributed by atoms with Gasteiger partial charge in [0.1, 0.15) is 6.33 Å². The van der Waals surface area contributed by atoms with Gasteiger partial charge in [0.05, 0.1) is 6.54 Å². The van der Waals surface area contributed by atoms with Crippen LogP contribution in [0.3, 0.4) is 0 Å². The van der Waals surface area contributed by atoms with E-state index in [2.05, 4.69) is 72.9 Å². The summed E-state index contributed by atoms with van der Waals surface area (Å²) in [6.07, 6.45) is 6.74. The van der Waals surface area contributed by atoms with E-state index >= 15 is 0 Å². The number of halogens is 2. The molecule has 0 radical (unpaired) electrons. The van der Waals surface area contributed by atoms with Crippen molar-refractivity contribution in [1.29, 1.82) is 0 Å². The minimum Gasteiger partial charge on any atom is -0.356 e. The van der Waals surface area contributed by atoms with Crippen molar-refractivity contribution in [3.05, 3.63) is 46.5 Å². The third-order valence-electron chi connectivity index (χ3n) is 5.29. The molecule has 1 aliphatic carbocycles. The van der Waals surface area contributed by atoms with Crippen LogP contribution in [0, 0.1) is 0 Å². The van der Waals surface area contributed by atoms with Gasteiger partial charge in [0.15, 0.2) is 11.8 Å². The second kappa shape index (κ2) is 10.4. The van der Waals surface area contributed by atoms with Crippen LogP contribution in [0.2, 0.25) is 0 Å². The molecule has 1 heterocycles. The van der Waals surface area contributed by atoms with Gasteiger partial charge in [-0.25, -0.2) is 0 Å². The minimum atomic E-state index is 0. The molecule has 1 fully saturated rings. The molecule has 0 aliphatic heterocycles. The van der Waals surface area contributed by atoms with Crippen molar-refractivity contribution in [3.63, 3.8) is 0 Å². The molecule has 148 valence electrons. The second-order valence-electron chi connectivity index (χ2n) is 6.81. The van der Waals surface area contributed by atoms with Gasteiger partial charge in [0.2, 0.25) is 0 Å². The molecule has 27 heavy (non-hydrogen) atoms. The molecule has 0 saturated heterocycles. The Labute approximate surface area is 186 Å². The second-order valence-corrected chi connectivity index (χ2v) is 7.72. The Balaban J connectivity index is 0.00000261. The van der Waals surface area contributed by atoms with Crippen molar-refractivity contribution in [1.82, 2.24) is 25.4 Å². The Morgan fingerprint density at radius 1 is 1.22 bits per heavy atom. The summed E-state index contributed by atoms with van der Waals surface area (Å²) in [5.74, 6) is 1.72. The van der Waals surface area contributed by atoms with Crippen molar-refractivity contribution >= 4 is 45.9 Å². The van der Waals surface area contributed by atoms with Crippen molar-refractivity contribution in [2.75, 3.05) is 13.6 Å². The summed E-state index contributed by atoms with van der Waals surface area (Å²) in [5.41, 5.74) is 1.59. The van der Waals surface area contributed by atoms with Crippen LogP contribution in [0.25, 0.3) is 0 Å². The molecule has 0 bridgehead atoms. The third kappa shape index (κ3) is 5.43. The number of guanidine groups is 1. The smallest absolute Gasteiger partial charge is 0.191 e. The van der Waals surface area contributed by atoms with Gasteiger partial charge in [-0.15, -0.1) is 34.2 Å². The summed E-state index contributed by atoms with van der Waals surface area (Å²) in [5, 5.41) is 15.0. The number of rotatable bonds is 6. The highest BCUT2D eigenvalue weighted by Crippen LogP contribution is 2.40. The SMILES string of the molecule is CCn1cnnc1CNC(=NC)NCC1(c2ccc(Br)cc2)CCCC1.I. The summed E-state index contributed by atoms with van der Waals surface area (Å²) in [6.45, 7) is 4.44. The molecular weight excluding hydrogens is 519 g/mol. The van der Waals surface area contributed by atoms with Crippen molar-refractivity contribution in [2.45, 2.75) is 51.1 Å². The number of nitrogens with one attached hydrogen (secondary N) is 2.